The van der Waals surface area contributed by atoms with E-state index in [9.17, 15) is 4.79 Å². The van der Waals surface area contributed by atoms with Crippen molar-refractivity contribution in [3.63, 3.8) is 0 Å². The van der Waals surface area contributed by atoms with Crippen LogP contribution in [-0.2, 0) is 0 Å². The molecule has 0 fully saturated rings. The van der Waals surface area contributed by atoms with Crippen LogP contribution in [0.15, 0.2) is 34.4 Å². The first-order valence-electron chi connectivity index (χ1n) is 7.35. The maximum atomic E-state index is 12.5. The number of nitrogens with zero attached hydrogens (tertiary/aromatic N) is 2. The van der Waals surface area contributed by atoms with Gasteiger partial charge in [-0.15, -0.1) is 0 Å². The first-order valence-corrected chi connectivity index (χ1v) is 8.16. The van der Waals surface area contributed by atoms with Gasteiger partial charge >= 0.3 is 0 Å². The summed E-state index contributed by atoms with van der Waals surface area (Å²) in [4.78, 5) is 12.5. The Kier molecular flexibility index (Phi) is 5.23. The van der Waals surface area contributed by atoms with Crippen LogP contribution in [-0.4, -0.2) is 22.4 Å². The van der Waals surface area contributed by atoms with Crippen LogP contribution in [0.3, 0.4) is 0 Å². The van der Waals surface area contributed by atoms with Crippen molar-refractivity contribution in [1.29, 1.82) is 0 Å². The van der Waals surface area contributed by atoms with Gasteiger partial charge < -0.3 is 0 Å². The highest BCUT2D eigenvalue weighted by Crippen LogP contribution is 2.30. The number of hydrazone groups is 1. The van der Waals surface area contributed by atoms with Gasteiger partial charge in [-0.2, -0.15) is 5.10 Å². The van der Waals surface area contributed by atoms with E-state index in [2.05, 4.69) is 12.0 Å². The second kappa shape index (κ2) is 6.94. The predicted molar refractivity (Wildman–Crippen MR) is 90.6 cm³/mol. The van der Waals surface area contributed by atoms with Gasteiger partial charge in [-0.3, -0.25) is 9.80 Å². The van der Waals surface area contributed by atoms with Crippen LogP contribution in [0, 0.1) is 13.8 Å². The minimum atomic E-state index is 0.0603. The van der Waals surface area contributed by atoms with E-state index in [-0.39, 0.29) is 5.78 Å². The SMILES string of the molecule is CCCCN1N=C(C)SC1=CC(=O)c1cc(C)ccc1C. The lowest BCUT2D eigenvalue weighted by Gasteiger charge is -2.14. The molecule has 3 nitrogen and oxygen atoms in total. The molecule has 0 radical (unpaired) electrons. The van der Waals surface area contributed by atoms with E-state index in [4.69, 9.17) is 0 Å². The van der Waals surface area contributed by atoms with Gasteiger partial charge in [0.2, 0.25) is 0 Å². The van der Waals surface area contributed by atoms with Crippen LogP contribution in [0.1, 0.15) is 48.2 Å². The van der Waals surface area contributed by atoms with Crippen molar-refractivity contribution in [2.75, 3.05) is 6.54 Å². The van der Waals surface area contributed by atoms with Crippen LogP contribution < -0.4 is 0 Å². The van der Waals surface area contributed by atoms with Gasteiger partial charge in [-0.1, -0.05) is 42.8 Å². The number of carbonyl (C=O) groups is 1. The summed E-state index contributed by atoms with van der Waals surface area (Å²) >= 11 is 1.57. The van der Waals surface area contributed by atoms with Crippen molar-refractivity contribution in [3.8, 4) is 0 Å². The maximum Gasteiger partial charge on any atom is 0.188 e. The average Bonchev–Trinajstić information content (AvgIpc) is 2.79. The standard InChI is InChI=1S/C17H22N2OS/c1-5-6-9-19-17(21-14(4)18-19)11-16(20)15-10-12(2)7-8-13(15)3/h7-8,10-11H,5-6,9H2,1-4H3. The highest BCUT2D eigenvalue weighted by Gasteiger charge is 2.20. The molecule has 0 unspecified atom stereocenters. The molecule has 1 aromatic carbocycles. The fraction of sp³-hybridized carbons (Fsp3) is 0.412. The molecule has 21 heavy (non-hydrogen) atoms. The van der Waals surface area contributed by atoms with Crippen molar-refractivity contribution < 1.29 is 4.79 Å². The van der Waals surface area contributed by atoms with Crippen molar-refractivity contribution in [1.82, 2.24) is 5.01 Å². The summed E-state index contributed by atoms with van der Waals surface area (Å²) in [7, 11) is 0. The van der Waals surface area contributed by atoms with Crippen molar-refractivity contribution >= 4 is 22.6 Å². The molecule has 0 aromatic heterocycles. The van der Waals surface area contributed by atoms with Gasteiger partial charge in [0.25, 0.3) is 0 Å². The highest BCUT2D eigenvalue weighted by molar-refractivity contribution is 8.17. The van der Waals surface area contributed by atoms with Crippen molar-refractivity contribution in [3.05, 3.63) is 46.0 Å². The summed E-state index contributed by atoms with van der Waals surface area (Å²) in [5.41, 5.74) is 2.91. The lowest BCUT2D eigenvalue weighted by molar-refractivity contribution is 0.104. The molecule has 0 aliphatic carbocycles. The lowest BCUT2D eigenvalue weighted by Crippen LogP contribution is -2.14. The maximum absolute atomic E-state index is 12.5. The first-order chi connectivity index (χ1) is 10.0. The Bertz CT molecular complexity index is 605. The number of ketones is 1. The number of carbonyl (C=O) groups excluding carboxylic acids is 1. The molecular formula is C17H22N2OS. The van der Waals surface area contributed by atoms with Crippen molar-refractivity contribution in [2.45, 2.75) is 40.5 Å². The number of allylic oxidation sites excluding steroid dienone is 1. The minimum Gasteiger partial charge on any atom is -0.289 e. The van der Waals surface area contributed by atoms with E-state index in [0.29, 0.717) is 0 Å². The van der Waals surface area contributed by atoms with Gasteiger partial charge in [0.1, 0.15) is 5.03 Å². The second-order valence-electron chi connectivity index (χ2n) is 5.36. The van der Waals surface area contributed by atoms with Gasteiger partial charge in [-0.25, -0.2) is 0 Å². The second-order valence-corrected chi connectivity index (χ2v) is 6.58. The van der Waals surface area contributed by atoms with E-state index in [1.165, 1.54) is 0 Å². The van der Waals surface area contributed by atoms with Gasteiger partial charge in [0.15, 0.2) is 5.78 Å². The van der Waals surface area contributed by atoms with E-state index in [0.717, 1.165) is 46.1 Å². The smallest absolute Gasteiger partial charge is 0.188 e. The fourth-order valence-electron chi connectivity index (χ4n) is 2.21. The van der Waals surface area contributed by atoms with Crippen LogP contribution in [0.5, 0.6) is 0 Å². The number of hydrogen-bond acceptors (Lipinski definition) is 4. The Labute approximate surface area is 131 Å². The number of benzene rings is 1. The summed E-state index contributed by atoms with van der Waals surface area (Å²) in [5.74, 6) is 0.0603. The number of thioether (sulfide) groups is 1. The monoisotopic (exact) mass is 302 g/mol. The molecule has 112 valence electrons. The molecule has 0 saturated carbocycles. The molecular weight excluding hydrogens is 280 g/mol. The molecule has 0 atom stereocenters. The fourth-order valence-corrected chi connectivity index (χ4v) is 3.05. The zero-order valence-corrected chi connectivity index (χ0v) is 14.0. The molecule has 0 amide bonds. The third-order valence-electron chi connectivity index (χ3n) is 3.40. The van der Waals surface area contributed by atoms with Crippen LogP contribution in [0.4, 0.5) is 0 Å². The Morgan fingerprint density at radius 3 is 2.81 bits per heavy atom. The quantitative estimate of drug-likeness (QED) is 0.592. The average molecular weight is 302 g/mol. The molecule has 0 saturated heterocycles. The molecule has 1 aliphatic heterocycles. The Balaban J connectivity index is 2.21. The van der Waals surface area contributed by atoms with E-state index >= 15 is 0 Å². The van der Waals surface area contributed by atoms with Gasteiger partial charge in [-0.05, 0) is 38.8 Å². The first kappa shape index (κ1) is 15.8. The zero-order valence-electron chi connectivity index (χ0n) is 13.1. The number of hydrogen-bond donors (Lipinski definition) is 0. The topological polar surface area (TPSA) is 32.7 Å². The number of aryl methyl sites for hydroxylation is 2. The zero-order chi connectivity index (χ0) is 15.4. The predicted octanol–water partition coefficient (Wildman–Crippen LogP) is 4.51. The molecule has 0 N–H and O–H groups in total. The Hall–Kier alpha value is -1.55. The van der Waals surface area contributed by atoms with Crippen LogP contribution >= 0.6 is 11.8 Å². The molecule has 1 aromatic rings. The molecule has 0 spiro atoms. The number of unbranched alkanes of at least 4 members (excludes halogenated alkanes) is 1. The van der Waals surface area contributed by atoms with Gasteiger partial charge in [0.05, 0.1) is 5.04 Å². The van der Waals surface area contributed by atoms with Crippen molar-refractivity contribution in [2.24, 2.45) is 5.10 Å². The van der Waals surface area contributed by atoms with E-state index < -0.39 is 0 Å². The third-order valence-corrected chi connectivity index (χ3v) is 4.32. The largest absolute Gasteiger partial charge is 0.289 e. The van der Waals surface area contributed by atoms with Crippen LogP contribution in [0.25, 0.3) is 0 Å². The van der Waals surface area contributed by atoms with E-state index in [1.54, 1.807) is 17.8 Å². The molecule has 2 rings (SSSR count). The summed E-state index contributed by atoms with van der Waals surface area (Å²) in [5, 5.41) is 8.37. The summed E-state index contributed by atoms with van der Waals surface area (Å²) < 4.78 is 0. The molecule has 0 bridgehead atoms. The Morgan fingerprint density at radius 2 is 2.10 bits per heavy atom. The summed E-state index contributed by atoms with van der Waals surface area (Å²) in [6.45, 7) is 8.99. The molecule has 1 aliphatic rings. The molecule has 1 heterocycles. The molecule has 4 heteroatoms. The number of rotatable bonds is 5. The van der Waals surface area contributed by atoms with E-state index in [1.807, 2.05) is 44.0 Å². The summed E-state index contributed by atoms with van der Waals surface area (Å²) in [6.07, 6.45) is 3.92. The normalized spacial score (nSPS) is 16.5. The Morgan fingerprint density at radius 1 is 1.33 bits per heavy atom. The third kappa shape index (κ3) is 3.97. The summed E-state index contributed by atoms with van der Waals surface area (Å²) in [6, 6.07) is 5.99. The van der Waals surface area contributed by atoms with Gasteiger partial charge in [0, 0.05) is 18.2 Å². The minimum absolute atomic E-state index is 0.0603. The highest BCUT2D eigenvalue weighted by atomic mass is 32.2. The van der Waals surface area contributed by atoms with Crippen LogP contribution in [0.2, 0.25) is 0 Å². The lowest BCUT2D eigenvalue weighted by atomic mass is 10.0.